The van der Waals surface area contributed by atoms with E-state index in [0.29, 0.717) is 22.8 Å². The second-order valence-electron chi connectivity index (χ2n) is 3.43. The Morgan fingerprint density at radius 1 is 1.21 bits per heavy atom. The highest BCUT2D eigenvalue weighted by Gasteiger charge is 2.14. The smallest absolute Gasteiger partial charge is 0.346 e. The van der Waals surface area contributed by atoms with Gasteiger partial charge in [0.1, 0.15) is 11.6 Å². The molecule has 0 aliphatic rings. The third kappa shape index (κ3) is 3.16. The Morgan fingerprint density at radius 2 is 1.74 bits per heavy atom. The van der Waals surface area contributed by atoms with Crippen molar-refractivity contribution in [2.45, 2.75) is 0 Å². The molecule has 0 fully saturated rings. The van der Waals surface area contributed by atoms with Crippen molar-refractivity contribution in [3.63, 3.8) is 0 Å². The number of carboxylic acids is 1. The molecule has 6 heteroatoms. The molecule has 19 heavy (non-hydrogen) atoms. The maximum absolute atomic E-state index is 10.8. The standard InChI is InChI=1S/C13H13NO5/c1-17-10-5-8(4-9(7-14)13(15)16)6-11(18-2)12(10)19-3/h4-6H,1-3H3,(H,15,16)/b9-4-. The highest BCUT2D eigenvalue weighted by molar-refractivity contribution is 5.96. The first-order chi connectivity index (χ1) is 9.07. The predicted molar refractivity (Wildman–Crippen MR) is 67.3 cm³/mol. The van der Waals surface area contributed by atoms with Crippen LogP contribution in [0.1, 0.15) is 5.56 Å². The van der Waals surface area contributed by atoms with Crippen LogP contribution >= 0.6 is 0 Å². The van der Waals surface area contributed by atoms with Crippen LogP contribution in [-0.4, -0.2) is 32.4 Å². The van der Waals surface area contributed by atoms with Gasteiger partial charge in [-0.1, -0.05) is 0 Å². The van der Waals surface area contributed by atoms with Gasteiger partial charge in [-0.3, -0.25) is 0 Å². The first kappa shape index (κ1) is 14.4. The van der Waals surface area contributed by atoms with Crippen LogP contribution in [0.25, 0.3) is 6.08 Å². The van der Waals surface area contributed by atoms with Gasteiger partial charge >= 0.3 is 5.97 Å². The van der Waals surface area contributed by atoms with Crippen LogP contribution in [0.2, 0.25) is 0 Å². The maximum Gasteiger partial charge on any atom is 0.346 e. The van der Waals surface area contributed by atoms with Gasteiger partial charge in [0.2, 0.25) is 5.75 Å². The lowest BCUT2D eigenvalue weighted by molar-refractivity contribution is -0.132. The van der Waals surface area contributed by atoms with Crippen molar-refractivity contribution in [1.82, 2.24) is 0 Å². The number of carboxylic acid groups (broad SMARTS) is 1. The number of nitrogens with zero attached hydrogens (tertiary/aromatic N) is 1. The number of methoxy groups -OCH3 is 3. The van der Waals surface area contributed by atoms with Crippen molar-refractivity contribution < 1.29 is 24.1 Å². The van der Waals surface area contributed by atoms with Gasteiger partial charge in [-0.25, -0.2) is 4.79 Å². The zero-order valence-electron chi connectivity index (χ0n) is 10.8. The Morgan fingerprint density at radius 3 is 2.05 bits per heavy atom. The van der Waals surface area contributed by atoms with E-state index < -0.39 is 5.97 Å². The maximum atomic E-state index is 10.8. The molecule has 1 aromatic rings. The van der Waals surface area contributed by atoms with Crippen molar-refractivity contribution in [1.29, 1.82) is 5.26 Å². The number of nitriles is 1. The van der Waals surface area contributed by atoms with Gasteiger partial charge in [0.25, 0.3) is 0 Å². The Kier molecular flexibility index (Phi) is 4.77. The minimum atomic E-state index is -1.30. The van der Waals surface area contributed by atoms with Crippen LogP contribution in [0, 0.1) is 11.3 Å². The molecule has 6 nitrogen and oxygen atoms in total. The summed E-state index contributed by atoms with van der Waals surface area (Å²) in [6.07, 6.45) is 1.23. The molecule has 0 atom stereocenters. The topological polar surface area (TPSA) is 88.8 Å². The third-order valence-corrected chi connectivity index (χ3v) is 2.35. The van der Waals surface area contributed by atoms with Gasteiger partial charge < -0.3 is 19.3 Å². The molecule has 1 rings (SSSR count). The number of hydrogen-bond acceptors (Lipinski definition) is 5. The molecule has 0 spiro atoms. The van der Waals surface area contributed by atoms with Crippen molar-refractivity contribution in [2.75, 3.05) is 21.3 Å². The molecule has 0 saturated carbocycles. The summed E-state index contributed by atoms with van der Waals surface area (Å²) < 4.78 is 15.4. The van der Waals surface area contributed by atoms with E-state index >= 15 is 0 Å². The number of aliphatic carboxylic acids is 1. The van der Waals surface area contributed by atoms with E-state index in [2.05, 4.69) is 0 Å². The van der Waals surface area contributed by atoms with E-state index in [1.54, 1.807) is 18.2 Å². The zero-order valence-corrected chi connectivity index (χ0v) is 10.8. The molecule has 1 aromatic carbocycles. The first-order valence-corrected chi connectivity index (χ1v) is 5.22. The lowest BCUT2D eigenvalue weighted by Crippen LogP contribution is -1.99. The Labute approximate surface area is 110 Å². The average molecular weight is 263 g/mol. The fraction of sp³-hybridized carbons (Fsp3) is 0.231. The number of rotatable bonds is 5. The van der Waals surface area contributed by atoms with E-state index in [1.165, 1.54) is 27.4 Å². The molecular formula is C13H13NO5. The van der Waals surface area contributed by atoms with Gasteiger partial charge in [0.15, 0.2) is 11.5 Å². The van der Waals surface area contributed by atoms with E-state index in [9.17, 15) is 4.79 Å². The van der Waals surface area contributed by atoms with Gasteiger partial charge in [-0.05, 0) is 23.8 Å². The van der Waals surface area contributed by atoms with Crippen LogP contribution < -0.4 is 14.2 Å². The second-order valence-corrected chi connectivity index (χ2v) is 3.43. The van der Waals surface area contributed by atoms with Crippen LogP contribution in [-0.2, 0) is 4.79 Å². The fourth-order valence-corrected chi connectivity index (χ4v) is 1.49. The Balaban J connectivity index is 3.39. The summed E-state index contributed by atoms with van der Waals surface area (Å²) in [5.74, 6) is -0.126. The Hall–Kier alpha value is -2.68. The largest absolute Gasteiger partial charge is 0.493 e. The van der Waals surface area contributed by atoms with Crippen molar-refractivity contribution in [3.8, 4) is 23.3 Å². The van der Waals surface area contributed by atoms with E-state index in [0.717, 1.165) is 0 Å². The number of hydrogen-bond donors (Lipinski definition) is 1. The van der Waals surface area contributed by atoms with Crippen LogP contribution in [0.15, 0.2) is 17.7 Å². The van der Waals surface area contributed by atoms with Crippen LogP contribution in [0.5, 0.6) is 17.2 Å². The number of ether oxygens (including phenoxy) is 3. The highest BCUT2D eigenvalue weighted by Crippen LogP contribution is 2.38. The van der Waals surface area contributed by atoms with Gasteiger partial charge in [0, 0.05) is 0 Å². The molecule has 0 heterocycles. The molecule has 1 N–H and O–H groups in total. The second kappa shape index (κ2) is 6.31. The molecule has 0 radical (unpaired) electrons. The summed E-state index contributed by atoms with van der Waals surface area (Å²) in [7, 11) is 4.37. The summed E-state index contributed by atoms with van der Waals surface area (Å²) in [4.78, 5) is 10.8. The third-order valence-electron chi connectivity index (χ3n) is 2.35. The van der Waals surface area contributed by atoms with Gasteiger partial charge in [-0.2, -0.15) is 5.26 Å². The van der Waals surface area contributed by atoms with E-state index in [-0.39, 0.29) is 5.57 Å². The molecule has 0 unspecified atom stereocenters. The monoisotopic (exact) mass is 263 g/mol. The molecule has 0 saturated heterocycles. The molecule has 0 aliphatic carbocycles. The van der Waals surface area contributed by atoms with E-state index in [4.69, 9.17) is 24.6 Å². The normalized spacial score (nSPS) is 10.5. The summed E-state index contributed by atoms with van der Waals surface area (Å²) in [6, 6.07) is 4.72. The molecule has 100 valence electrons. The quantitative estimate of drug-likeness (QED) is 0.642. The van der Waals surface area contributed by atoms with Crippen molar-refractivity contribution in [2.24, 2.45) is 0 Å². The molecule has 0 aliphatic heterocycles. The van der Waals surface area contributed by atoms with Gasteiger partial charge in [0.05, 0.1) is 21.3 Å². The Bertz CT molecular complexity index is 532. The minimum Gasteiger partial charge on any atom is -0.493 e. The number of benzene rings is 1. The highest BCUT2D eigenvalue weighted by atomic mass is 16.5. The predicted octanol–water partition coefficient (Wildman–Crippen LogP) is 1.70. The summed E-state index contributed by atoms with van der Waals surface area (Å²) in [5, 5.41) is 17.5. The van der Waals surface area contributed by atoms with Gasteiger partial charge in [-0.15, -0.1) is 0 Å². The minimum absolute atomic E-state index is 0.380. The SMILES string of the molecule is COc1cc(/C=C(/C#N)C(=O)O)cc(OC)c1OC. The molecule has 0 amide bonds. The lowest BCUT2D eigenvalue weighted by Gasteiger charge is -2.12. The summed E-state index contributed by atoms with van der Waals surface area (Å²) in [6.45, 7) is 0. The molecule has 0 aromatic heterocycles. The van der Waals surface area contributed by atoms with Crippen LogP contribution in [0.4, 0.5) is 0 Å². The average Bonchev–Trinajstić information content (AvgIpc) is 2.42. The molecular weight excluding hydrogens is 250 g/mol. The lowest BCUT2D eigenvalue weighted by atomic mass is 10.1. The molecule has 0 bridgehead atoms. The van der Waals surface area contributed by atoms with Crippen LogP contribution in [0.3, 0.4) is 0 Å². The zero-order chi connectivity index (χ0) is 14.4. The number of carbonyl (C=O) groups is 1. The summed E-state index contributed by atoms with van der Waals surface area (Å²) in [5.41, 5.74) is 0.0859. The van der Waals surface area contributed by atoms with Crippen molar-refractivity contribution >= 4 is 12.0 Å². The summed E-state index contributed by atoms with van der Waals surface area (Å²) >= 11 is 0. The van der Waals surface area contributed by atoms with Crippen molar-refractivity contribution in [3.05, 3.63) is 23.3 Å². The van der Waals surface area contributed by atoms with E-state index in [1.807, 2.05) is 0 Å². The fourth-order valence-electron chi connectivity index (χ4n) is 1.49. The first-order valence-electron chi connectivity index (χ1n) is 5.22.